The highest BCUT2D eigenvalue weighted by Gasteiger charge is 2.14. The summed E-state index contributed by atoms with van der Waals surface area (Å²) in [6, 6.07) is 0. The molecule has 68 valence electrons. The summed E-state index contributed by atoms with van der Waals surface area (Å²) in [5, 5.41) is 0. The molecule has 0 aromatic carbocycles. The van der Waals surface area contributed by atoms with E-state index in [4.69, 9.17) is 16.2 Å². The van der Waals surface area contributed by atoms with Gasteiger partial charge in [-0.2, -0.15) is 4.89 Å². The van der Waals surface area contributed by atoms with Gasteiger partial charge in [-0.05, 0) is 26.8 Å². The molecule has 3 heteroatoms. The van der Waals surface area contributed by atoms with Gasteiger partial charge < -0.3 is 4.74 Å². The molecule has 0 saturated carbocycles. The zero-order valence-corrected chi connectivity index (χ0v) is 7.66. The summed E-state index contributed by atoms with van der Waals surface area (Å²) in [5.41, 5.74) is -0.390. The van der Waals surface area contributed by atoms with Gasteiger partial charge in [-0.1, -0.05) is 13.0 Å². The predicted octanol–water partition coefficient (Wildman–Crippen LogP) is 1.85. The summed E-state index contributed by atoms with van der Waals surface area (Å²) in [6.45, 7) is 9.01. The molecule has 0 aliphatic heterocycles. The summed E-state index contributed by atoms with van der Waals surface area (Å²) in [6.07, 6.45) is 7.56. The number of rotatable bonds is 4. The first-order chi connectivity index (χ1) is 5.49. The standard InChI is InChI=1S/C9H14O3/c1-6-8(10-7-2)11-12-9(3,4)5/h2,6,8H,1H2,3-5H3. The second-order valence-electron chi connectivity index (χ2n) is 3.13. The fourth-order valence-corrected chi connectivity index (χ4v) is 0.366. The van der Waals surface area contributed by atoms with E-state index in [0.29, 0.717) is 0 Å². The van der Waals surface area contributed by atoms with Gasteiger partial charge in [0.1, 0.15) is 6.11 Å². The van der Waals surface area contributed by atoms with Crippen molar-refractivity contribution in [2.45, 2.75) is 32.7 Å². The number of hydrogen-bond acceptors (Lipinski definition) is 3. The summed E-state index contributed by atoms with van der Waals surface area (Å²) in [5.74, 6) is 0. The molecule has 3 nitrogen and oxygen atoms in total. The Morgan fingerprint density at radius 1 is 1.50 bits per heavy atom. The Kier molecular flexibility index (Phi) is 4.42. The lowest BCUT2D eigenvalue weighted by molar-refractivity contribution is -0.396. The van der Waals surface area contributed by atoms with Crippen LogP contribution in [-0.2, 0) is 14.5 Å². The molecule has 0 rings (SSSR count). The molecule has 1 unspecified atom stereocenters. The van der Waals surface area contributed by atoms with Crippen LogP contribution in [0.15, 0.2) is 12.7 Å². The highest BCUT2D eigenvalue weighted by molar-refractivity contribution is 4.78. The molecule has 0 heterocycles. The summed E-state index contributed by atoms with van der Waals surface area (Å²) in [4.78, 5) is 9.76. The van der Waals surface area contributed by atoms with Crippen molar-refractivity contribution in [2.24, 2.45) is 0 Å². The molecule has 0 bridgehead atoms. The van der Waals surface area contributed by atoms with Crippen LogP contribution >= 0.6 is 0 Å². The minimum atomic E-state index is -0.714. The van der Waals surface area contributed by atoms with E-state index >= 15 is 0 Å². The zero-order valence-electron chi connectivity index (χ0n) is 7.66. The second-order valence-corrected chi connectivity index (χ2v) is 3.13. The van der Waals surface area contributed by atoms with E-state index in [9.17, 15) is 0 Å². The molecule has 0 aromatic rings. The summed E-state index contributed by atoms with van der Waals surface area (Å²) < 4.78 is 4.65. The fraction of sp³-hybridized carbons (Fsp3) is 0.556. The Hall–Kier alpha value is -0.980. The van der Waals surface area contributed by atoms with Crippen LogP contribution in [0.5, 0.6) is 0 Å². The average molecular weight is 170 g/mol. The lowest BCUT2D eigenvalue weighted by Crippen LogP contribution is -2.24. The van der Waals surface area contributed by atoms with Gasteiger partial charge in [0.25, 0.3) is 6.29 Å². The van der Waals surface area contributed by atoms with Gasteiger partial charge in [0, 0.05) is 0 Å². The van der Waals surface area contributed by atoms with E-state index in [1.54, 1.807) is 0 Å². The first-order valence-electron chi connectivity index (χ1n) is 3.58. The molecule has 0 fully saturated rings. The SMILES string of the molecule is C#COC(C=C)OOC(C)(C)C. The van der Waals surface area contributed by atoms with Crippen LogP contribution in [0.3, 0.4) is 0 Å². The van der Waals surface area contributed by atoms with E-state index in [-0.39, 0.29) is 5.60 Å². The van der Waals surface area contributed by atoms with Crippen molar-refractivity contribution < 1.29 is 14.5 Å². The van der Waals surface area contributed by atoms with Crippen molar-refractivity contribution in [3.05, 3.63) is 12.7 Å². The zero-order chi connectivity index (χ0) is 9.61. The fourth-order valence-electron chi connectivity index (χ4n) is 0.366. The maximum Gasteiger partial charge on any atom is 0.259 e. The van der Waals surface area contributed by atoms with Crippen LogP contribution in [0, 0.1) is 12.5 Å². The minimum Gasteiger partial charge on any atom is -0.408 e. The molecule has 0 spiro atoms. The highest BCUT2D eigenvalue weighted by Crippen LogP contribution is 2.09. The third-order valence-electron chi connectivity index (χ3n) is 0.770. The van der Waals surface area contributed by atoms with E-state index in [1.807, 2.05) is 26.9 Å². The first kappa shape index (κ1) is 11.0. The highest BCUT2D eigenvalue weighted by atomic mass is 17.2. The van der Waals surface area contributed by atoms with Crippen molar-refractivity contribution in [1.29, 1.82) is 0 Å². The van der Waals surface area contributed by atoms with Crippen molar-refractivity contribution in [1.82, 2.24) is 0 Å². The normalized spacial score (nSPS) is 13.2. The van der Waals surface area contributed by atoms with Gasteiger partial charge in [-0.25, -0.2) is 4.89 Å². The maximum absolute atomic E-state index is 4.94. The Labute approximate surface area is 73.2 Å². The quantitative estimate of drug-likeness (QED) is 0.212. The predicted molar refractivity (Wildman–Crippen MR) is 45.8 cm³/mol. The van der Waals surface area contributed by atoms with Crippen LogP contribution < -0.4 is 0 Å². The van der Waals surface area contributed by atoms with Crippen LogP contribution in [-0.4, -0.2) is 11.9 Å². The third-order valence-corrected chi connectivity index (χ3v) is 0.770. The van der Waals surface area contributed by atoms with Gasteiger partial charge in [0.15, 0.2) is 0 Å². The molecular formula is C9H14O3. The van der Waals surface area contributed by atoms with E-state index in [1.165, 1.54) is 6.08 Å². The Balaban J connectivity index is 3.74. The first-order valence-corrected chi connectivity index (χ1v) is 3.58. The molecule has 0 aliphatic carbocycles. The van der Waals surface area contributed by atoms with E-state index in [0.717, 1.165) is 0 Å². The van der Waals surface area contributed by atoms with Gasteiger partial charge >= 0.3 is 0 Å². The van der Waals surface area contributed by atoms with Crippen LogP contribution in [0.2, 0.25) is 0 Å². The lowest BCUT2D eigenvalue weighted by atomic mass is 10.2. The van der Waals surface area contributed by atoms with Crippen LogP contribution in [0.25, 0.3) is 0 Å². The van der Waals surface area contributed by atoms with Crippen LogP contribution in [0.4, 0.5) is 0 Å². The minimum absolute atomic E-state index is 0.390. The molecule has 12 heavy (non-hydrogen) atoms. The largest absolute Gasteiger partial charge is 0.408 e. The monoisotopic (exact) mass is 170 g/mol. The van der Waals surface area contributed by atoms with Crippen molar-refractivity contribution in [3.8, 4) is 12.5 Å². The van der Waals surface area contributed by atoms with Crippen molar-refractivity contribution in [2.75, 3.05) is 0 Å². The molecule has 0 N–H and O–H groups in total. The molecule has 0 saturated heterocycles. The molecule has 1 atom stereocenters. The van der Waals surface area contributed by atoms with E-state index < -0.39 is 6.29 Å². The molecule has 0 amide bonds. The lowest BCUT2D eigenvalue weighted by Gasteiger charge is -2.19. The molecule has 0 radical (unpaired) electrons. The smallest absolute Gasteiger partial charge is 0.259 e. The summed E-state index contributed by atoms with van der Waals surface area (Å²) >= 11 is 0. The Bertz CT molecular complexity index is 173. The number of hydrogen-bond donors (Lipinski definition) is 0. The Morgan fingerprint density at radius 2 is 2.08 bits per heavy atom. The molecular weight excluding hydrogens is 156 g/mol. The average Bonchev–Trinajstić information content (AvgIpc) is 1.96. The topological polar surface area (TPSA) is 27.7 Å². The number of terminal acetylenes is 1. The molecule has 0 aromatic heterocycles. The third kappa shape index (κ3) is 5.78. The van der Waals surface area contributed by atoms with Gasteiger partial charge in [0.05, 0.1) is 5.60 Å². The molecule has 0 aliphatic rings. The summed E-state index contributed by atoms with van der Waals surface area (Å²) in [7, 11) is 0. The van der Waals surface area contributed by atoms with Gasteiger partial charge in [-0.3, -0.25) is 0 Å². The maximum atomic E-state index is 4.94. The van der Waals surface area contributed by atoms with Crippen LogP contribution in [0.1, 0.15) is 20.8 Å². The van der Waals surface area contributed by atoms with Crippen molar-refractivity contribution in [3.63, 3.8) is 0 Å². The van der Waals surface area contributed by atoms with Gasteiger partial charge in [0.2, 0.25) is 0 Å². The number of ether oxygens (including phenoxy) is 1. The second kappa shape index (κ2) is 4.81. The van der Waals surface area contributed by atoms with Crippen molar-refractivity contribution >= 4 is 0 Å². The van der Waals surface area contributed by atoms with E-state index in [2.05, 4.69) is 11.3 Å². The Morgan fingerprint density at radius 3 is 2.42 bits per heavy atom. The van der Waals surface area contributed by atoms with Gasteiger partial charge in [-0.15, -0.1) is 0 Å².